The predicted octanol–water partition coefficient (Wildman–Crippen LogP) is 1.20. The van der Waals surface area contributed by atoms with E-state index in [9.17, 15) is 22.8 Å². The van der Waals surface area contributed by atoms with Crippen LogP contribution in [0.1, 0.15) is 12.6 Å². The van der Waals surface area contributed by atoms with Gasteiger partial charge in [0.15, 0.2) is 0 Å². The van der Waals surface area contributed by atoms with E-state index >= 15 is 0 Å². The van der Waals surface area contributed by atoms with Crippen molar-refractivity contribution in [1.29, 1.82) is 0 Å². The van der Waals surface area contributed by atoms with Gasteiger partial charge < -0.3 is 4.74 Å². The molecule has 0 fully saturated rings. The highest BCUT2D eigenvalue weighted by Crippen LogP contribution is 2.26. The highest BCUT2D eigenvalue weighted by atomic mass is 19.4. The standard InChI is InChI=1S/C7H7F3N2O3/c1-2-15-6(14)12-5(13)3-4(11-12)7(8,9)10/h3,11H,2H2,1H3. The van der Waals surface area contributed by atoms with E-state index in [1.807, 2.05) is 0 Å². The number of hydrogen-bond acceptors (Lipinski definition) is 3. The molecule has 0 amide bonds. The normalized spacial score (nSPS) is 11.5. The number of halogens is 3. The molecule has 0 atom stereocenters. The van der Waals surface area contributed by atoms with Crippen molar-refractivity contribution in [3.05, 3.63) is 22.1 Å². The minimum absolute atomic E-state index is 0.0361. The van der Waals surface area contributed by atoms with E-state index in [2.05, 4.69) is 4.74 Å². The van der Waals surface area contributed by atoms with Crippen LogP contribution in [0, 0.1) is 0 Å². The van der Waals surface area contributed by atoms with Gasteiger partial charge in [-0.25, -0.2) is 4.79 Å². The molecular formula is C7H7F3N2O3. The highest BCUT2D eigenvalue weighted by Gasteiger charge is 2.34. The summed E-state index contributed by atoms with van der Waals surface area (Å²) in [5.41, 5.74) is -2.40. The molecule has 8 heteroatoms. The Kier molecular flexibility index (Phi) is 2.87. The summed E-state index contributed by atoms with van der Waals surface area (Å²) >= 11 is 0. The monoisotopic (exact) mass is 224 g/mol. The lowest BCUT2D eigenvalue weighted by molar-refractivity contribution is -0.141. The van der Waals surface area contributed by atoms with Crippen LogP contribution in [0.2, 0.25) is 0 Å². The smallest absolute Gasteiger partial charge is 0.436 e. The number of aromatic amines is 1. The van der Waals surface area contributed by atoms with E-state index < -0.39 is 23.5 Å². The lowest BCUT2D eigenvalue weighted by Gasteiger charge is -2.03. The van der Waals surface area contributed by atoms with Gasteiger partial charge in [-0.1, -0.05) is 0 Å². The van der Waals surface area contributed by atoms with Crippen LogP contribution in [0.25, 0.3) is 0 Å². The maximum atomic E-state index is 12.1. The van der Waals surface area contributed by atoms with Gasteiger partial charge in [0.1, 0.15) is 5.69 Å². The number of carbonyl (C=O) groups is 1. The van der Waals surface area contributed by atoms with Crippen molar-refractivity contribution < 1.29 is 22.7 Å². The van der Waals surface area contributed by atoms with Crippen molar-refractivity contribution in [1.82, 2.24) is 9.78 Å². The van der Waals surface area contributed by atoms with Gasteiger partial charge in [-0.15, -0.1) is 0 Å². The number of aromatic nitrogens is 2. The number of alkyl halides is 3. The average molecular weight is 224 g/mol. The van der Waals surface area contributed by atoms with E-state index in [0.717, 1.165) is 0 Å². The van der Waals surface area contributed by atoms with E-state index in [0.29, 0.717) is 0 Å². The number of carbonyl (C=O) groups excluding carboxylic acids is 1. The van der Waals surface area contributed by atoms with Crippen molar-refractivity contribution in [2.45, 2.75) is 13.1 Å². The number of hydrogen-bond donors (Lipinski definition) is 1. The summed E-state index contributed by atoms with van der Waals surface area (Å²) in [7, 11) is 0. The summed E-state index contributed by atoms with van der Waals surface area (Å²) in [5.74, 6) is 0. The summed E-state index contributed by atoms with van der Waals surface area (Å²) in [6, 6.07) is 0.289. The van der Waals surface area contributed by atoms with Gasteiger partial charge in [-0.05, 0) is 6.92 Å². The first-order valence-corrected chi connectivity index (χ1v) is 3.92. The van der Waals surface area contributed by atoms with Crippen LogP contribution in [0.15, 0.2) is 10.9 Å². The summed E-state index contributed by atoms with van der Waals surface area (Å²) < 4.78 is 40.8. The molecule has 0 aliphatic rings. The van der Waals surface area contributed by atoms with Gasteiger partial charge in [0.05, 0.1) is 6.61 Å². The van der Waals surface area contributed by atoms with E-state index in [1.54, 1.807) is 5.10 Å². The fourth-order valence-corrected chi connectivity index (χ4v) is 0.865. The molecule has 0 saturated heterocycles. The molecule has 0 unspecified atom stereocenters. The van der Waals surface area contributed by atoms with Crippen LogP contribution < -0.4 is 5.56 Å². The Morgan fingerprint density at radius 1 is 1.60 bits per heavy atom. The maximum absolute atomic E-state index is 12.1. The van der Waals surface area contributed by atoms with Crippen LogP contribution in [0.5, 0.6) is 0 Å². The van der Waals surface area contributed by atoms with Crippen LogP contribution in [-0.4, -0.2) is 22.5 Å². The number of ether oxygens (including phenoxy) is 1. The minimum Gasteiger partial charge on any atom is -0.448 e. The van der Waals surface area contributed by atoms with Crippen LogP contribution in [-0.2, 0) is 10.9 Å². The van der Waals surface area contributed by atoms with Crippen molar-refractivity contribution in [3.63, 3.8) is 0 Å². The zero-order valence-electron chi connectivity index (χ0n) is 7.59. The summed E-state index contributed by atoms with van der Waals surface area (Å²) in [6.07, 6.45) is -5.87. The summed E-state index contributed by atoms with van der Waals surface area (Å²) in [5, 5.41) is 1.61. The maximum Gasteiger partial charge on any atom is 0.436 e. The molecule has 5 nitrogen and oxygen atoms in total. The van der Waals surface area contributed by atoms with E-state index in [-0.39, 0.29) is 17.4 Å². The molecule has 0 spiro atoms. The van der Waals surface area contributed by atoms with Crippen molar-refractivity contribution in [2.24, 2.45) is 0 Å². The van der Waals surface area contributed by atoms with Crippen molar-refractivity contribution in [3.8, 4) is 0 Å². The van der Waals surface area contributed by atoms with E-state index in [1.165, 1.54) is 6.92 Å². The number of rotatable bonds is 1. The zero-order valence-corrected chi connectivity index (χ0v) is 7.59. The number of H-pyrrole nitrogens is 1. The van der Waals surface area contributed by atoms with Gasteiger partial charge in [-0.2, -0.15) is 17.9 Å². The minimum atomic E-state index is -4.70. The Morgan fingerprint density at radius 2 is 2.20 bits per heavy atom. The number of nitrogens with one attached hydrogen (secondary N) is 1. The quantitative estimate of drug-likeness (QED) is 0.779. The van der Waals surface area contributed by atoms with E-state index in [4.69, 9.17) is 0 Å². The average Bonchev–Trinajstić information content (AvgIpc) is 2.47. The molecule has 15 heavy (non-hydrogen) atoms. The van der Waals surface area contributed by atoms with Crippen LogP contribution in [0.3, 0.4) is 0 Å². The molecule has 1 N–H and O–H groups in total. The molecule has 1 rings (SSSR count). The largest absolute Gasteiger partial charge is 0.448 e. The zero-order chi connectivity index (χ0) is 11.6. The second kappa shape index (κ2) is 3.79. The third-order valence-electron chi connectivity index (χ3n) is 1.48. The molecule has 1 aromatic rings. The predicted molar refractivity (Wildman–Crippen MR) is 42.5 cm³/mol. The lowest BCUT2D eigenvalue weighted by Crippen LogP contribution is -2.25. The first kappa shape index (κ1) is 11.3. The Hall–Kier alpha value is -1.73. The third kappa shape index (κ3) is 2.39. The van der Waals surface area contributed by atoms with Crippen molar-refractivity contribution >= 4 is 6.09 Å². The second-order valence-corrected chi connectivity index (χ2v) is 2.54. The van der Waals surface area contributed by atoms with Gasteiger partial charge in [-0.3, -0.25) is 9.89 Å². The SMILES string of the molecule is CCOC(=O)n1[nH]c(C(F)(F)F)cc1=O. The third-order valence-corrected chi connectivity index (χ3v) is 1.48. The van der Waals surface area contributed by atoms with Gasteiger partial charge in [0.25, 0.3) is 5.56 Å². The summed E-state index contributed by atoms with van der Waals surface area (Å²) in [4.78, 5) is 21.9. The molecule has 1 heterocycles. The first-order valence-electron chi connectivity index (χ1n) is 3.92. The molecule has 0 radical (unpaired) electrons. The van der Waals surface area contributed by atoms with Gasteiger partial charge in [0.2, 0.25) is 0 Å². The lowest BCUT2D eigenvalue weighted by atomic mass is 10.4. The molecule has 1 aromatic heterocycles. The fraction of sp³-hybridized carbons (Fsp3) is 0.429. The van der Waals surface area contributed by atoms with Gasteiger partial charge >= 0.3 is 12.3 Å². The van der Waals surface area contributed by atoms with Crippen LogP contribution in [0.4, 0.5) is 18.0 Å². The first-order chi connectivity index (χ1) is 6.86. The Bertz CT molecular complexity index is 418. The summed E-state index contributed by atoms with van der Waals surface area (Å²) in [6.45, 7) is 1.43. The number of nitrogens with zero attached hydrogens (tertiary/aromatic N) is 1. The molecule has 84 valence electrons. The Balaban J connectivity index is 3.07. The van der Waals surface area contributed by atoms with Gasteiger partial charge in [0, 0.05) is 6.07 Å². The van der Waals surface area contributed by atoms with Crippen LogP contribution >= 0.6 is 0 Å². The van der Waals surface area contributed by atoms with Crippen molar-refractivity contribution in [2.75, 3.05) is 6.61 Å². The molecule has 0 aromatic carbocycles. The molecule has 0 saturated carbocycles. The Labute approximate surface area is 81.4 Å². The molecule has 0 bridgehead atoms. The fourth-order valence-electron chi connectivity index (χ4n) is 0.865. The Morgan fingerprint density at radius 3 is 2.60 bits per heavy atom. The highest BCUT2D eigenvalue weighted by molar-refractivity contribution is 5.69. The molecule has 0 aliphatic carbocycles. The topological polar surface area (TPSA) is 64.1 Å². The second-order valence-electron chi connectivity index (χ2n) is 2.54. The molecule has 0 aliphatic heterocycles. The molecular weight excluding hydrogens is 217 g/mol.